The van der Waals surface area contributed by atoms with Crippen LogP contribution in [0, 0.1) is 0 Å². The Labute approximate surface area is 121 Å². The first-order valence-electron chi connectivity index (χ1n) is 7.82. The highest BCUT2D eigenvalue weighted by molar-refractivity contribution is 5.72. The van der Waals surface area contributed by atoms with Crippen LogP contribution in [-0.2, 0) is 6.42 Å². The number of nitrogens with zero attached hydrogens (tertiary/aromatic N) is 1. The molecule has 0 spiro atoms. The Morgan fingerprint density at radius 3 is 2.65 bits per heavy atom. The molecule has 20 heavy (non-hydrogen) atoms. The fourth-order valence-electron chi connectivity index (χ4n) is 2.47. The highest BCUT2D eigenvalue weighted by Gasteiger charge is 2.11. The molecule has 0 bridgehead atoms. The van der Waals surface area contributed by atoms with Crippen molar-refractivity contribution in [1.29, 1.82) is 0 Å². The number of hydrogen-bond donors (Lipinski definition) is 1. The van der Waals surface area contributed by atoms with Gasteiger partial charge in [0.1, 0.15) is 5.52 Å². The minimum absolute atomic E-state index is 0.339. The van der Waals surface area contributed by atoms with Crippen LogP contribution in [0.1, 0.15) is 57.8 Å². The molecule has 1 N–H and O–H groups in total. The van der Waals surface area contributed by atoms with Crippen LogP contribution in [0.4, 0.5) is 0 Å². The molecule has 1 aromatic heterocycles. The van der Waals surface area contributed by atoms with Gasteiger partial charge in [-0.15, -0.1) is 0 Å². The van der Waals surface area contributed by atoms with E-state index in [0.717, 1.165) is 23.9 Å². The normalized spacial score (nSPS) is 12.9. The van der Waals surface area contributed by atoms with Crippen molar-refractivity contribution in [2.24, 2.45) is 0 Å². The smallest absolute Gasteiger partial charge is 0.198 e. The summed E-state index contributed by atoms with van der Waals surface area (Å²) in [6.07, 6.45) is 8.52. The van der Waals surface area contributed by atoms with Gasteiger partial charge in [0.25, 0.3) is 0 Å². The van der Waals surface area contributed by atoms with Gasteiger partial charge < -0.3 is 9.52 Å². The summed E-state index contributed by atoms with van der Waals surface area (Å²) >= 11 is 0. The largest absolute Gasteiger partial charge is 0.441 e. The second kappa shape index (κ2) is 8.05. The summed E-state index contributed by atoms with van der Waals surface area (Å²) in [7, 11) is 0. The van der Waals surface area contributed by atoms with E-state index >= 15 is 0 Å². The third kappa shape index (κ3) is 4.64. The van der Waals surface area contributed by atoms with Crippen LogP contribution in [0.25, 0.3) is 11.1 Å². The summed E-state index contributed by atoms with van der Waals surface area (Å²) in [5.41, 5.74) is 1.67. The lowest BCUT2D eigenvalue weighted by Crippen LogP contribution is -2.10. The molecule has 1 aromatic carbocycles. The van der Waals surface area contributed by atoms with E-state index in [4.69, 9.17) is 4.42 Å². The van der Waals surface area contributed by atoms with Gasteiger partial charge in [0.05, 0.1) is 12.5 Å². The van der Waals surface area contributed by atoms with Crippen LogP contribution in [0.15, 0.2) is 28.7 Å². The Bertz CT molecular complexity index is 473. The maximum absolute atomic E-state index is 10.0. The molecule has 0 saturated carbocycles. The quantitative estimate of drug-likeness (QED) is 0.686. The van der Waals surface area contributed by atoms with Crippen molar-refractivity contribution in [1.82, 2.24) is 4.98 Å². The van der Waals surface area contributed by atoms with Crippen LogP contribution in [0.5, 0.6) is 0 Å². The molecule has 3 nitrogen and oxygen atoms in total. The van der Waals surface area contributed by atoms with Crippen molar-refractivity contribution in [3.63, 3.8) is 0 Å². The molecule has 2 rings (SSSR count). The number of unbranched alkanes of at least 4 members (excludes halogenated alkanes) is 5. The van der Waals surface area contributed by atoms with Gasteiger partial charge in [-0.25, -0.2) is 4.98 Å². The number of aliphatic hydroxyl groups is 1. The van der Waals surface area contributed by atoms with Gasteiger partial charge in [0.15, 0.2) is 11.5 Å². The van der Waals surface area contributed by atoms with Gasteiger partial charge in [-0.3, -0.25) is 0 Å². The molecule has 0 saturated heterocycles. The number of oxazole rings is 1. The molecule has 1 heterocycles. The zero-order valence-electron chi connectivity index (χ0n) is 12.3. The third-order valence-corrected chi connectivity index (χ3v) is 3.64. The number of fused-ring (bicyclic) bond motifs is 1. The molecule has 0 radical (unpaired) electrons. The first-order valence-corrected chi connectivity index (χ1v) is 7.82. The minimum atomic E-state index is -0.339. The molecule has 3 heteroatoms. The molecule has 0 fully saturated rings. The summed E-state index contributed by atoms with van der Waals surface area (Å²) in [6, 6.07) is 7.72. The third-order valence-electron chi connectivity index (χ3n) is 3.64. The summed E-state index contributed by atoms with van der Waals surface area (Å²) in [5, 5.41) is 10.0. The second-order valence-corrected chi connectivity index (χ2v) is 5.49. The molecule has 1 atom stereocenters. The van der Waals surface area contributed by atoms with E-state index in [0.29, 0.717) is 12.3 Å². The molecule has 0 aliphatic heterocycles. The molecule has 0 aliphatic carbocycles. The summed E-state index contributed by atoms with van der Waals surface area (Å²) in [4.78, 5) is 4.39. The van der Waals surface area contributed by atoms with E-state index in [1.807, 2.05) is 24.3 Å². The minimum Gasteiger partial charge on any atom is -0.441 e. The number of aliphatic hydroxyl groups excluding tert-OH is 1. The van der Waals surface area contributed by atoms with E-state index in [9.17, 15) is 5.11 Å². The van der Waals surface area contributed by atoms with Gasteiger partial charge in [-0.2, -0.15) is 0 Å². The van der Waals surface area contributed by atoms with Crippen LogP contribution in [0.2, 0.25) is 0 Å². The second-order valence-electron chi connectivity index (χ2n) is 5.49. The zero-order chi connectivity index (χ0) is 14.2. The van der Waals surface area contributed by atoms with Gasteiger partial charge in [-0.05, 0) is 18.6 Å². The predicted molar refractivity (Wildman–Crippen MR) is 81.7 cm³/mol. The molecule has 1 unspecified atom stereocenters. The van der Waals surface area contributed by atoms with Gasteiger partial charge in [0, 0.05) is 0 Å². The van der Waals surface area contributed by atoms with Crippen molar-refractivity contribution in [3.8, 4) is 0 Å². The number of aromatic nitrogens is 1. The highest BCUT2D eigenvalue weighted by atomic mass is 16.4. The first kappa shape index (κ1) is 15.0. The van der Waals surface area contributed by atoms with Crippen molar-refractivity contribution in [2.75, 3.05) is 0 Å². The first-order chi connectivity index (χ1) is 9.79. The monoisotopic (exact) mass is 275 g/mol. The Kier molecular flexibility index (Phi) is 6.06. The topological polar surface area (TPSA) is 46.3 Å². The molecular weight excluding hydrogens is 250 g/mol. The van der Waals surface area contributed by atoms with Crippen molar-refractivity contribution >= 4 is 11.1 Å². The van der Waals surface area contributed by atoms with E-state index in [2.05, 4.69) is 11.9 Å². The Hall–Kier alpha value is -1.35. The maximum atomic E-state index is 10.0. The zero-order valence-corrected chi connectivity index (χ0v) is 12.3. The van der Waals surface area contributed by atoms with Crippen molar-refractivity contribution in [2.45, 2.75) is 64.4 Å². The van der Waals surface area contributed by atoms with Crippen molar-refractivity contribution in [3.05, 3.63) is 30.2 Å². The van der Waals surface area contributed by atoms with Gasteiger partial charge in [-0.1, -0.05) is 57.6 Å². The van der Waals surface area contributed by atoms with E-state index in [1.165, 1.54) is 32.1 Å². The number of para-hydroxylation sites is 2. The van der Waals surface area contributed by atoms with E-state index in [1.54, 1.807) is 0 Å². The number of rotatable bonds is 9. The Morgan fingerprint density at radius 2 is 1.85 bits per heavy atom. The molecule has 110 valence electrons. The van der Waals surface area contributed by atoms with Crippen molar-refractivity contribution < 1.29 is 9.52 Å². The lowest BCUT2D eigenvalue weighted by atomic mass is 10.1. The predicted octanol–water partition coefficient (Wildman–Crippen LogP) is 4.48. The maximum Gasteiger partial charge on any atom is 0.198 e. The van der Waals surface area contributed by atoms with E-state index in [-0.39, 0.29) is 6.10 Å². The fraction of sp³-hybridized carbons (Fsp3) is 0.588. The number of hydrogen-bond acceptors (Lipinski definition) is 3. The lowest BCUT2D eigenvalue weighted by Gasteiger charge is -2.07. The molecule has 2 aromatic rings. The SMILES string of the molecule is CCCCCCCCC(O)Cc1nc2ccccc2o1. The van der Waals surface area contributed by atoms with Crippen LogP contribution in [-0.4, -0.2) is 16.2 Å². The Balaban J connectivity index is 1.70. The molecular formula is C17H25NO2. The number of benzene rings is 1. The lowest BCUT2D eigenvalue weighted by molar-refractivity contribution is 0.153. The average Bonchev–Trinajstić information content (AvgIpc) is 2.84. The summed E-state index contributed by atoms with van der Waals surface area (Å²) < 4.78 is 5.63. The fourth-order valence-corrected chi connectivity index (χ4v) is 2.47. The summed E-state index contributed by atoms with van der Waals surface area (Å²) in [5.74, 6) is 0.643. The molecule has 0 aliphatic rings. The standard InChI is InChI=1S/C17H25NO2/c1-2-3-4-5-6-7-10-14(19)13-17-18-15-11-8-9-12-16(15)20-17/h8-9,11-12,14,19H,2-7,10,13H2,1H3. The van der Waals surface area contributed by atoms with E-state index < -0.39 is 0 Å². The van der Waals surface area contributed by atoms with Gasteiger partial charge >= 0.3 is 0 Å². The summed E-state index contributed by atoms with van der Waals surface area (Å²) in [6.45, 7) is 2.23. The van der Waals surface area contributed by atoms with Crippen LogP contribution in [0.3, 0.4) is 0 Å². The van der Waals surface area contributed by atoms with Crippen LogP contribution >= 0.6 is 0 Å². The average molecular weight is 275 g/mol. The highest BCUT2D eigenvalue weighted by Crippen LogP contribution is 2.17. The van der Waals surface area contributed by atoms with Gasteiger partial charge in [0.2, 0.25) is 0 Å². The van der Waals surface area contributed by atoms with Crippen LogP contribution < -0.4 is 0 Å². The molecule has 0 amide bonds. The Morgan fingerprint density at radius 1 is 1.10 bits per heavy atom.